The number of aryl methyl sites for hydroxylation is 1. The SMILES string of the molecule is CCc1sc2nc(-c3ccccn3)c(N)n2c1-c1ccco1. The summed E-state index contributed by atoms with van der Waals surface area (Å²) in [5.74, 6) is 1.40. The van der Waals surface area contributed by atoms with Crippen LogP contribution in [0.1, 0.15) is 11.8 Å². The number of rotatable bonds is 3. The number of nitrogen functional groups attached to an aromatic ring is 1. The number of imidazole rings is 1. The standard InChI is InChI=1S/C16H14N4OS/c1-2-12-14(11-7-5-9-21-11)20-15(17)13(19-16(20)22-12)10-6-3-4-8-18-10/h3-9H,2,17H2,1H3. The molecule has 5 nitrogen and oxygen atoms in total. The molecule has 4 aromatic heterocycles. The number of hydrogen-bond donors (Lipinski definition) is 1. The van der Waals surface area contributed by atoms with Crippen molar-refractivity contribution in [2.75, 3.05) is 5.73 Å². The number of fused-ring (bicyclic) bond motifs is 1. The number of thiazole rings is 1. The maximum absolute atomic E-state index is 6.37. The average Bonchev–Trinajstić information content (AvgIpc) is 3.25. The Hall–Kier alpha value is -2.60. The van der Waals surface area contributed by atoms with Gasteiger partial charge < -0.3 is 10.2 Å². The van der Waals surface area contributed by atoms with Crippen LogP contribution < -0.4 is 5.73 Å². The normalized spacial score (nSPS) is 11.3. The first-order valence-corrected chi connectivity index (χ1v) is 7.86. The van der Waals surface area contributed by atoms with Gasteiger partial charge in [0.05, 0.1) is 12.0 Å². The molecule has 0 aliphatic rings. The van der Waals surface area contributed by atoms with E-state index >= 15 is 0 Å². The summed E-state index contributed by atoms with van der Waals surface area (Å²) in [6, 6.07) is 9.55. The van der Waals surface area contributed by atoms with Crippen molar-refractivity contribution in [3.63, 3.8) is 0 Å². The lowest BCUT2D eigenvalue weighted by Crippen LogP contribution is -1.97. The summed E-state index contributed by atoms with van der Waals surface area (Å²) >= 11 is 1.64. The van der Waals surface area contributed by atoms with E-state index in [0.29, 0.717) is 11.5 Å². The summed E-state index contributed by atoms with van der Waals surface area (Å²) in [7, 11) is 0. The second kappa shape index (κ2) is 4.99. The minimum atomic E-state index is 0.594. The van der Waals surface area contributed by atoms with Gasteiger partial charge in [0, 0.05) is 11.1 Å². The molecule has 4 heterocycles. The minimum Gasteiger partial charge on any atom is -0.463 e. The Bertz CT molecular complexity index is 922. The Morgan fingerprint density at radius 1 is 1.27 bits per heavy atom. The van der Waals surface area contributed by atoms with Crippen LogP contribution in [0.4, 0.5) is 5.82 Å². The van der Waals surface area contributed by atoms with Crippen molar-refractivity contribution in [1.29, 1.82) is 0 Å². The third-order valence-electron chi connectivity index (χ3n) is 3.57. The number of hydrogen-bond acceptors (Lipinski definition) is 5. The van der Waals surface area contributed by atoms with Gasteiger partial charge in [-0.3, -0.25) is 9.38 Å². The van der Waals surface area contributed by atoms with E-state index in [1.165, 1.54) is 4.88 Å². The largest absolute Gasteiger partial charge is 0.463 e. The van der Waals surface area contributed by atoms with Crippen LogP contribution in [-0.4, -0.2) is 14.4 Å². The molecule has 0 fully saturated rings. The van der Waals surface area contributed by atoms with Gasteiger partial charge >= 0.3 is 0 Å². The van der Waals surface area contributed by atoms with Crippen molar-refractivity contribution in [2.24, 2.45) is 0 Å². The minimum absolute atomic E-state index is 0.594. The van der Waals surface area contributed by atoms with E-state index in [2.05, 4.69) is 16.9 Å². The number of pyridine rings is 1. The molecule has 110 valence electrons. The molecule has 4 aromatic rings. The number of nitrogens with zero attached hydrogens (tertiary/aromatic N) is 3. The van der Waals surface area contributed by atoms with Crippen LogP contribution >= 0.6 is 11.3 Å². The zero-order valence-electron chi connectivity index (χ0n) is 12.0. The summed E-state index contributed by atoms with van der Waals surface area (Å²) in [4.78, 5) is 11.1. The summed E-state index contributed by atoms with van der Waals surface area (Å²) in [6.45, 7) is 2.12. The van der Waals surface area contributed by atoms with Gasteiger partial charge in [0.25, 0.3) is 0 Å². The number of nitrogens with two attached hydrogens (primary N) is 1. The van der Waals surface area contributed by atoms with Crippen LogP contribution in [0.5, 0.6) is 0 Å². The first-order chi connectivity index (χ1) is 10.8. The second-order valence-electron chi connectivity index (χ2n) is 4.88. The third kappa shape index (κ3) is 1.84. The topological polar surface area (TPSA) is 69.3 Å². The van der Waals surface area contributed by atoms with E-state index in [1.54, 1.807) is 23.8 Å². The van der Waals surface area contributed by atoms with E-state index in [1.807, 2.05) is 34.7 Å². The average molecular weight is 310 g/mol. The van der Waals surface area contributed by atoms with Crippen LogP contribution in [0.2, 0.25) is 0 Å². The highest BCUT2D eigenvalue weighted by Gasteiger charge is 2.22. The van der Waals surface area contributed by atoms with Gasteiger partial charge in [0.2, 0.25) is 0 Å². The lowest BCUT2D eigenvalue weighted by atomic mass is 10.2. The summed E-state index contributed by atoms with van der Waals surface area (Å²) in [5.41, 5.74) is 8.84. The Labute approximate surface area is 131 Å². The van der Waals surface area contributed by atoms with Crippen molar-refractivity contribution in [3.05, 3.63) is 47.7 Å². The molecule has 0 unspecified atom stereocenters. The molecule has 0 aliphatic heterocycles. The van der Waals surface area contributed by atoms with E-state index in [4.69, 9.17) is 10.2 Å². The van der Waals surface area contributed by atoms with Crippen molar-refractivity contribution in [1.82, 2.24) is 14.4 Å². The highest BCUT2D eigenvalue weighted by molar-refractivity contribution is 7.17. The van der Waals surface area contributed by atoms with E-state index in [-0.39, 0.29) is 0 Å². The molecule has 0 atom stereocenters. The van der Waals surface area contributed by atoms with Gasteiger partial charge in [-0.2, -0.15) is 0 Å². The van der Waals surface area contributed by atoms with Gasteiger partial charge in [-0.25, -0.2) is 4.98 Å². The molecule has 0 saturated heterocycles. The van der Waals surface area contributed by atoms with Crippen LogP contribution in [0.25, 0.3) is 27.8 Å². The molecule has 6 heteroatoms. The van der Waals surface area contributed by atoms with Crippen molar-refractivity contribution in [2.45, 2.75) is 13.3 Å². The lowest BCUT2D eigenvalue weighted by molar-refractivity contribution is 0.579. The predicted octanol–water partition coefficient (Wildman–Crippen LogP) is 3.86. The maximum Gasteiger partial charge on any atom is 0.196 e. The van der Waals surface area contributed by atoms with Gasteiger partial charge in [-0.15, -0.1) is 11.3 Å². The van der Waals surface area contributed by atoms with Crippen molar-refractivity contribution in [3.8, 4) is 22.8 Å². The molecule has 4 rings (SSSR count). The number of aromatic nitrogens is 3. The molecule has 22 heavy (non-hydrogen) atoms. The summed E-state index contributed by atoms with van der Waals surface area (Å²) in [6.07, 6.45) is 4.32. The third-order valence-corrected chi connectivity index (χ3v) is 4.75. The van der Waals surface area contributed by atoms with E-state index in [0.717, 1.165) is 28.5 Å². The number of anilines is 1. The molecule has 0 radical (unpaired) electrons. The van der Waals surface area contributed by atoms with Crippen molar-refractivity contribution >= 4 is 22.1 Å². The van der Waals surface area contributed by atoms with Crippen molar-refractivity contribution < 1.29 is 4.42 Å². The zero-order valence-corrected chi connectivity index (χ0v) is 12.8. The first kappa shape index (κ1) is 13.1. The Balaban J connectivity index is 2.01. The smallest absolute Gasteiger partial charge is 0.196 e. The second-order valence-corrected chi connectivity index (χ2v) is 5.95. The van der Waals surface area contributed by atoms with Crippen LogP contribution in [0.15, 0.2) is 47.2 Å². The fraction of sp³-hybridized carbons (Fsp3) is 0.125. The first-order valence-electron chi connectivity index (χ1n) is 7.04. The number of furan rings is 1. The molecule has 0 amide bonds. The van der Waals surface area contributed by atoms with Crippen LogP contribution in [-0.2, 0) is 6.42 Å². The fourth-order valence-corrected chi connectivity index (χ4v) is 3.64. The molecule has 2 N–H and O–H groups in total. The quantitative estimate of drug-likeness (QED) is 0.624. The molecule has 0 saturated carbocycles. The Morgan fingerprint density at radius 3 is 2.86 bits per heavy atom. The van der Waals surface area contributed by atoms with Gasteiger partial charge in [0.15, 0.2) is 10.7 Å². The highest BCUT2D eigenvalue weighted by Crippen LogP contribution is 2.37. The predicted molar refractivity (Wildman–Crippen MR) is 87.8 cm³/mol. The Kier molecular flexibility index (Phi) is 2.97. The molecule has 0 spiro atoms. The van der Waals surface area contributed by atoms with Gasteiger partial charge in [-0.05, 0) is 30.7 Å². The van der Waals surface area contributed by atoms with E-state index < -0.39 is 0 Å². The Morgan fingerprint density at radius 2 is 2.18 bits per heavy atom. The molecule has 0 bridgehead atoms. The lowest BCUT2D eigenvalue weighted by Gasteiger charge is -2.02. The zero-order chi connectivity index (χ0) is 15.1. The van der Waals surface area contributed by atoms with Gasteiger partial charge in [-0.1, -0.05) is 13.0 Å². The summed E-state index contributed by atoms with van der Waals surface area (Å²) < 4.78 is 7.55. The van der Waals surface area contributed by atoms with E-state index in [9.17, 15) is 0 Å². The molecular formula is C16H14N4OS. The monoisotopic (exact) mass is 310 g/mol. The molecule has 0 aromatic carbocycles. The highest BCUT2D eigenvalue weighted by atomic mass is 32.1. The van der Waals surface area contributed by atoms with Gasteiger partial charge in [0.1, 0.15) is 17.2 Å². The fourth-order valence-electron chi connectivity index (χ4n) is 2.57. The van der Waals surface area contributed by atoms with Crippen LogP contribution in [0.3, 0.4) is 0 Å². The summed E-state index contributed by atoms with van der Waals surface area (Å²) in [5, 5.41) is 0. The molecule has 0 aliphatic carbocycles. The van der Waals surface area contributed by atoms with Crippen LogP contribution in [0, 0.1) is 0 Å². The molecular weight excluding hydrogens is 296 g/mol. The maximum atomic E-state index is 6.37.